The Balaban J connectivity index is 1.50. The van der Waals surface area contributed by atoms with Crippen molar-refractivity contribution in [3.63, 3.8) is 0 Å². The van der Waals surface area contributed by atoms with Gasteiger partial charge in [-0.25, -0.2) is 0 Å². The zero-order valence-electron chi connectivity index (χ0n) is 18.9. The van der Waals surface area contributed by atoms with Gasteiger partial charge in [0.1, 0.15) is 12.4 Å². The molecule has 0 bridgehead atoms. The van der Waals surface area contributed by atoms with Gasteiger partial charge in [-0.3, -0.25) is 9.69 Å². The minimum absolute atomic E-state index is 0.124. The van der Waals surface area contributed by atoms with E-state index in [0.717, 1.165) is 43.9 Å². The van der Waals surface area contributed by atoms with Crippen LogP contribution < -0.4 is 19.5 Å². The molecular formula is C24H30F2N2O5. The highest BCUT2D eigenvalue weighted by molar-refractivity contribution is 5.94. The molecule has 0 saturated carbocycles. The van der Waals surface area contributed by atoms with Crippen molar-refractivity contribution in [3.8, 4) is 17.2 Å². The predicted octanol–water partition coefficient (Wildman–Crippen LogP) is 3.72. The second kappa shape index (κ2) is 12.4. The Bertz CT molecular complexity index is 906. The number of halogens is 2. The van der Waals surface area contributed by atoms with Gasteiger partial charge in [0.05, 0.1) is 7.11 Å². The van der Waals surface area contributed by atoms with Crippen LogP contribution in [0, 0.1) is 0 Å². The molecule has 180 valence electrons. The summed E-state index contributed by atoms with van der Waals surface area (Å²) >= 11 is 0. The highest BCUT2D eigenvalue weighted by atomic mass is 19.3. The molecule has 2 aromatic rings. The fourth-order valence-electron chi connectivity index (χ4n) is 3.65. The van der Waals surface area contributed by atoms with E-state index < -0.39 is 12.5 Å². The lowest BCUT2D eigenvalue weighted by molar-refractivity contribution is -0.0512. The molecule has 0 radical (unpaired) electrons. The summed E-state index contributed by atoms with van der Waals surface area (Å²) in [6.07, 6.45) is 2.07. The number of methoxy groups -OCH3 is 1. The average molecular weight is 465 g/mol. The molecule has 1 heterocycles. The number of amides is 1. The second-order valence-corrected chi connectivity index (χ2v) is 7.75. The van der Waals surface area contributed by atoms with Crippen molar-refractivity contribution >= 4 is 5.91 Å². The molecule has 1 fully saturated rings. The van der Waals surface area contributed by atoms with Crippen LogP contribution in [0.3, 0.4) is 0 Å². The molecule has 2 aromatic carbocycles. The number of hydrogen-bond acceptors (Lipinski definition) is 6. The van der Waals surface area contributed by atoms with Gasteiger partial charge in [-0.2, -0.15) is 8.78 Å². The summed E-state index contributed by atoms with van der Waals surface area (Å²) in [5, 5.41) is 2.78. The standard InChI is InChI=1S/C24H30F2N2O5/c1-28(19-8-11-31-12-9-19)10-13-32-20-5-3-4-17(14-20)16-27-23(29)18-6-7-21(30-2)22(15-18)33-24(25)26/h3-7,14-15,19,24H,8-13,16H2,1-2H3,(H,27,29). The van der Waals surface area contributed by atoms with E-state index in [1.807, 2.05) is 24.3 Å². The highest BCUT2D eigenvalue weighted by Crippen LogP contribution is 2.29. The van der Waals surface area contributed by atoms with Gasteiger partial charge in [-0.15, -0.1) is 0 Å². The smallest absolute Gasteiger partial charge is 0.387 e. The first-order valence-electron chi connectivity index (χ1n) is 10.9. The molecule has 0 atom stereocenters. The Hall–Kier alpha value is -2.91. The molecule has 1 aliphatic rings. The number of benzene rings is 2. The Morgan fingerprint density at radius 3 is 2.70 bits per heavy atom. The predicted molar refractivity (Wildman–Crippen MR) is 119 cm³/mol. The maximum absolute atomic E-state index is 12.6. The zero-order chi connectivity index (χ0) is 23.6. The molecule has 0 unspecified atom stereocenters. The Kier molecular flexibility index (Phi) is 9.26. The van der Waals surface area contributed by atoms with E-state index in [-0.39, 0.29) is 23.6 Å². The van der Waals surface area contributed by atoms with E-state index in [1.54, 1.807) is 0 Å². The molecule has 0 aromatic heterocycles. The summed E-state index contributed by atoms with van der Waals surface area (Å²) in [6, 6.07) is 12.1. The van der Waals surface area contributed by atoms with Crippen LogP contribution >= 0.6 is 0 Å². The molecule has 3 rings (SSSR count). The number of hydrogen-bond donors (Lipinski definition) is 1. The largest absolute Gasteiger partial charge is 0.493 e. The maximum atomic E-state index is 12.6. The van der Waals surface area contributed by atoms with Crippen molar-refractivity contribution in [1.82, 2.24) is 10.2 Å². The Morgan fingerprint density at radius 2 is 1.97 bits per heavy atom. The third kappa shape index (κ3) is 7.57. The van der Waals surface area contributed by atoms with E-state index in [9.17, 15) is 13.6 Å². The summed E-state index contributed by atoms with van der Waals surface area (Å²) < 4.78 is 45.9. The fraction of sp³-hybridized carbons (Fsp3) is 0.458. The molecule has 9 heteroatoms. The number of nitrogens with zero attached hydrogens (tertiary/aromatic N) is 1. The second-order valence-electron chi connectivity index (χ2n) is 7.75. The molecule has 1 N–H and O–H groups in total. The fourth-order valence-corrected chi connectivity index (χ4v) is 3.65. The van der Waals surface area contributed by atoms with Crippen LogP contribution in [0.15, 0.2) is 42.5 Å². The number of carbonyl (C=O) groups is 1. The zero-order valence-corrected chi connectivity index (χ0v) is 18.9. The molecule has 1 amide bonds. The van der Waals surface area contributed by atoms with E-state index in [2.05, 4.69) is 22.0 Å². The van der Waals surface area contributed by atoms with Crippen molar-refractivity contribution in [2.45, 2.75) is 32.0 Å². The van der Waals surface area contributed by atoms with Gasteiger partial charge < -0.3 is 24.3 Å². The van der Waals surface area contributed by atoms with Crippen LogP contribution in [-0.4, -0.2) is 64.0 Å². The van der Waals surface area contributed by atoms with E-state index >= 15 is 0 Å². The number of nitrogens with one attached hydrogen (secondary N) is 1. The lowest BCUT2D eigenvalue weighted by Gasteiger charge is -2.31. The van der Waals surface area contributed by atoms with Gasteiger partial charge in [0, 0.05) is 37.9 Å². The molecule has 0 aliphatic carbocycles. The number of ether oxygens (including phenoxy) is 4. The minimum atomic E-state index is -3.02. The SMILES string of the molecule is COc1ccc(C(=O)NCc2cccc(OCCN(C)C3CCOCC3)c2)cc1OC(F)F. The Labute approximate surface area is 192 Å². The first-order chi connectivity index (χ1) is 16.0. The summed E-state index contributed by atoms with van der Waals surface area (Å²) in [6.45, 7) is 0.224. The van der Waals surface area contributed by atoms with Crippen LogP contribution in [-0.2, 0) is 11.3 Å². The van der Waals surface area contributed by atoms with Gasteiger partial charge in [0.2, 0.25) is 0 Å². The highest BCUT2D eigenvalue weighted by Gasteiger charge is 2.18. The van der Waals surface area contributed by atoms with Crippen molar-refractivity contribution in [2.24, 2.45) is 0 Å². The van der Waals surface area contributed by atoms with Crippen molar-refractivity contribution in [1.29, 1.82) is 0 Å². The molecule has 7 nitrogen and oxygen atoms in total. The van der Waals surface area contributed by atoms with Crippen LogP contribution in [0.5, 0.6) is 17.2 Å². The normalized spacial score (nSPS) is 14.4. The van der Waals surface area contributed by atoms with Gasteiger partial charge >= 0.3 is 6.61 Å². The third-order valence-corrected chi connectivity index (χ3v) is 5.52. The van der Waals surface area contributed by atoms with Gasteiger partial charge in [0.15, 0.2) is 11.5 Å². The first kappa shape index (κ1) is 24.7. The van der Waals surface area contributed by atoms with Gasteiger partial charge in [0.25, 0.3) is 5.91 Å². The van der Waals surface area contributed by atoms with Gasteiger partial charge in [-0.1, -0.05) is 12.1 Å². The topological polar surface area (TPSA) is 69.3 Å². The van der Waals surface area contributed by atoms with Crippen LogP contribution in [0.4, 0.5) is 8.78 Å². The third-order valence-electron chi connectivity index (χ3n) is 5.52. The minimum Gasteiger partial charge on any atom is -0.493 e. The molecular weight excluding hydrogens is 434 g/mol. The summed E-state index contributed by atoms with van der Waals surface area (Å²) in [4.78, 5) is 14.8. The number of likely N-dealkylation sites (N-methyl/N-ethyl adjacent to an activating group) is 1. The first-order valence-corrected chi connectivity index (χ1v) is 10.9. The van der Waals surface area contributed by atoms with Gasteiger partial charge in [-0.05, 0) is 55.8 Å². The number of rotatable bonds is 11. The molecule has 33 heavy (non-hydrogen) atoms. The van der Waals surface area contributed by atoms with E-state index in [1.165, 1.54) is 25.3 Å². The maximum Gasteiger partial charge on any atom is 0.387 e. The average Bonchev–Trinajstić information content (AvgIpc) is 2.83. The molecule has 1 aliphatic heterocycles. The monoisotopic (exact) mass is 464 g/mol. The summed E-state index contributed by atoms with van der Waals surface area (Å²) in [5.74, 6) is 0.237. The van der Waals surface area contributed by atoms with E-state index in [0.29, 0.717) is 12.6 Å². The number of alkyl halides is 2. The van der Waals surface area contributed by atoms with Crippen molar-refractivity contribution in [2.75, 3.05) is 40.5 Å². The van der Waals surface area contributed by atoms with Crippen molar-refractivity contribution in [3.05, 3.63) is 53.6 Å². The van der Waals surface area contributed by atoms with E-state index in [4.69, 9.17) is 14.2 Å². The summed E-state index contributed by atoms with van der Waals surface area (Å²) in [7, 11) is 3.44. The molecule has 1 saturated heterocycles. The lowest BCUT2D eigenvalue weighted by atomic mass is 10.1. The van der Waals surface area contributed by atoms with Crippen LogP contribution in [0.1, 0.15) is 28.8 Å². The quantitative estimate of drug-likeness (QED) is 0.547. The lowest BCUT2D eigenvalue weighted by Crippen LogP contribution is -2.38. The van der Waals surface area contributed by atoms with Crippen molar-refractivity contribution < 1.29 is 32.5 Å². The van der Waals surface area contributed by atoms with Crippen LogP contribution in [0.25, 0.3) is 0 Å². The number of carbonyl (C=O) groups excluding carboxylic acids is 1. The Morgan fingerprint density at radius 1 is 1.18 bits per heavy atom. The van der Waals surface area contributed by atoms with Crippen LogP contribution in [0.2, 0.25) is 0 Å². The summed E-state index contributed by atoms with van der Waals surface area (Å²) in [5.41, 5.74) is 1.05. The molecule has 0 spiro atoms.